The van der Waals surface area contributed by atoms with Crippen molar-refractivity contribution in [2.24, 2.45) is 0 Å². The van der Waals surface area contributed by atoms with Gasteiger partial charge in [0.2, 0.25) is 11.8 Å². The summed E-state index contributed by atoms with van der Waals surface area (Å²) in [5, 5.41) is 2.75. The largest absolute Gasteiger partial charge is 0.494 e. The van der Waals surface area contributed by atoms with Crippen LogP contribution in [-0.2, 0) is 16.1 Å². The molecule has 6 nitrogen and oxygen atoms in total. The van der Waals surface area contributed by atoms with Gasteiger partial charge in [-0.15, -0.1) is 0 Å². The zero-order valence-corrected chi connectivity index (χ0v) is 14.7. The Morgan fingerprint density at radius 2 is 2.08 bits per heavy atom. The van der Waals surface area contributed by atoms with Gasteiger partial charge >= 0.3 is 0 Å². The first-order valence-electron chi connectivity index (χ1n) is 8.18. The van der Waals surface area contributed by atoms with Gasteiger partial charge < -0.3 is 10.1 Å². The summed E-state index contributed by atoms with van der Waals surface area (Å²) in [4.78, 5) is 27.8. The maximum atomic E-state index is 13.8. The molecule has 0 bridgehead atoms. The average molecular weight is 357 g/mol. The van der Waals surface area contributed by atoms with E-state index in [1.807, 2.05) is 6.07 Å². The molecule has 0 radical (unpaired) electrons. The Morgan fingerprint density at radius 1 is 1.31 bits per heavy atom. The van der Waals surface area contributed by atoms with E-state index >= 15 is 0 Å². The summed E-state index contributed by atoms with van der Waals surface area (Å²) in [6, 6.07) is 11.9. The average Bonchev–Trinajstić information content (AvgIpc) is 2.61. The van der Waals surface area contributed by atoms with Crippen LogP contribution in [0.1, 0.15) is 5.56 Å². The fourth-order valence-electron chi connectivity index (χ4n) is 2.95. The Balaban J connectivity index is 1.68. The van der Waals surface area contributed by atoms with Crippen LogP contribution in [0.3, 0.4) is 0 Å². The molecule has 1 aliphatic heterocycles. The van der Waals surface area contributed by atoms with Crippen LogP contribution in [0, 0.1) is 5.82 Å². The molecule has 3 rings (SSSR count). The van der Waals surface area contributed by atoms with E-state index in [-0.39, 0.29) is 30.7 Å². The van der Waals surface area contributed by atoms with Gasteiger partial charge in [0.15, 0.2) is 11.6 Å². The number of ether oxygens (including phenoxy) is 1. The number of rotatable bonds is 5. The first-order chi connectivity index (χ1) is 12.5. The number of methoxy groups -OCH3 is 1. The number of fused-ring (bicyclic) bond motifs is 1. The van der Waals surface area contributed by atoms with E-state index in [9.17, 15) is 14.0 Å². The third-order valence-electron chi connectivity index (χ3n) is 4.15. The second-order valence-electron chi connectivity index (χ2n) is 6.19. The number of benzene rings is 2. The molecule has 0 saturated carbocycles. The summed E-state index contributed by atoms with van der Waals surface area (Å²) in [5.74, 6) is -0.671. The Bertz CT molecular complexity index is 841. The second-order valence-corrected chi connectivity index (χ2v) is 6.19. The van der Waals surface area contributed by atoms with Crippen LogP contribution in [0.15, 0.2) is 42.5 Å². The molecule has 1 aliphatic rings. The number of carbonyl (C=O) groups is 2. The molecule has 136 valence electrons. The van der Waals surface area contributed by atoms with E-state index < -0.39 is 5.82 Å². The van der Waals surface area contributed by atoms with Gasteiger partial charge in [-0.25, -0.2) is 4.39 Å². The zero-order valence-electron chi connectivity index (χ0n) is 14.7. The van der Waals surface area contributed by atoms with E-state index in [2.05, 4.69) is 5.32 Å². The van der Waals surface area contributed by atoms with Crippen LogP contribution in [-0.4, -0.2) is 44.0 Å². The monoisotopic (exact) mass is 357 g/mol. The highest BCUT2D eigenvalue weighted by Gasteiger charge is 2.27. The maximum absolute atomic E-state index is 13.8. The number of nitrogens with zero attached hydrogens (tertiary/aromatic N) is 2. The molecule has 0 unspecified atom stereocenters. The normalized spacial score (nSPS) is 13.4. The van der Waals surface area contributed by atoms with Gasteiger partial charge in [-0.05, 0) is 36.9 Å². The molecular formula is C19H20FN3O3. The molecule has 1 N–H and O–H groups in total. The Hall–Kier alpha value is -2.93. The van der Waals surface area contributed by atoms with Gasteiger partial charge in [0.05, 0.1) is 25.0 Å². The lowest BCUT2D eigenvalue weighted by Crippen LogP contribution is -2.45. The first-order valence-corrected chi connectivity index (χ1v) is 8.18. The van der Waals surface area contributed by atoms with E-state index in [1.165, 1.54) is 18.1 Å². The van der Waals surface area contributed by atoms with Crippen molar-refractivity contribution in [2.75, 3.05) is 37.5 Å². The summed E-state index contributed by atoms with van der Waals surface area (Å²) in [5.41, 5.74) is 2.04. The number of likely N-dealkylation sites (N-methyl/N-ethyl adjacent to an activating group) is 1. The van der Waals surface area contributed by atoms with Gasteiger partial charge in [0.25, 0.3) is 0 Å². The number of halogens is 1. The van der Waals surface area contributed by atoms with Gasteiger partial charge in [-0.1, -0.05) is 18.2 Å². The van der Waals surface area contributed by atoms with Crippen LogP contribution >= 0.6 is 0 Å². The van der Waals surface area contributed by atoms with Crippen molar-refractivity contribution in [3.05, 3.63) is 53.8 Å². The highest BCUT2D eigenvalue weighted by atomic mass is 19.1. The van der Waals surface area contributed by atoms with Crippen molar-refractivity contribution in [3.63, 3.8) is 0 Å². The van der Waals surface area contributed by atoms with Crippen molar-refractivity contribution >= 4 is 23.2 Å². The molecular weight excluding hydrogens is 337 g/mol. The molecule has 0 fully saturated rings. The molecule has 26 heavy (non-hydrogen) atoms. The molecule has 0 aromatic heterocycles. The summed E-state index contributed by atoms with van der Waals surface area (Å²) in [6.45, 7) is 0.491. The Labute approximate surface area is 151 Å². The predicted molar refractivity (Wildman–Crippen MR) is 96.7 cm³/mol. The lowest BCUT2D eigenvalue weighted by molar-refractivity contribution is -0.122. The molecule has 0 spiro atoms. The van der Waals surface area contributed by atoms with Gasteiger partial charge in [0, 0.05) is 6.54 Å². The molecule has 1 heterocycles. The van der Waals surface area contributed by atoms with Gasteiger partial charge in [-0.2, -0.15) is 0 Å². The topological polar surface area (TPSA) is 61.9 Å². The second kappa shape index (κ2) is 7.53. The van der Waals surface area contributed by atoms with Crippen molar-refractivity contribution in [3.8, 4) is 5.75 Å². The molecule has 0 saturated heterocycles. The quantitative estimate of drug-likeness (QED) is 0.892. The standard InChI is InChI=1S/C19H20FN3O3/c1-22(10-13-7-8-17(26-2)14(20)9-13)12-19(25)23-11-18(24)21-15-5-3-4-6-16(15)23/h3-9H,10-12H2,1-2H3,(H,21,24). The maximum Gasteiger partial charge on any atom is 0.244 e. The van der Waals surface area contributed by atoms with Gasteiger partial charge in [-0.3, -0.25) is 19.4 Å². The Kier molecular flexibility index (Phi) is 5.18. The SMILES string of the molecule is COc1ccc(CN(C)CC(=O)N2CC(=O)Nc3ccccc32)cc1F. The van der Waals surface area contributed by atoms with Crippen LogP contribution in [0.5, 0.6) is 5.75 Å². The van der Waals surface area contributed by atoms with Crippen molar-refractivity contribution < 1.29 is 18.7 Å². The highest BCUT2D eigenvalue weighted by Crippen LogP contribution is 2.29. The molecule has 0 atom stereocenters. The zero-order chi connectivity index (χ0) is 18.7. The third-order valence-corrected chi connectivity index (χ3v) is 4.15. The minimum absolute atomic E-state index is 0.0130. The number of amides is 2. The highest BCUT2D eigenvalue weighted by molar-refractivity contribution is 6.10. The first kappa shape index (κ1) is 17.9. The third kappa shape index (κ3) is 3.83. The number of para-hydroxylation sites is 2. The smallest absolute Gasteiger partial charge is 0.244 e. The van der Waals surface area contributed by atoms with Crippen LogP contribution in [0.4, 0.5) is 15.8 Å². The van der Waals surface area contributed by atoms with E-state index in [1.54, 1.807) is 42.3 Å². The number of carbonyl (C=O) groups excluding carboxylic acids is 2. The summed E-state index contributed by atoms with van der Waals surface area (Å²) >= 11 is 0. The fraction of sp³-hybridized carbons (Fsp3) is 0.263. The molecule has 2 amide bonds. The fourth-order valence-corrected chi connectivity index (χ4v) is 2.95. The van der Waals surface area contributed by atoms with E-state index in [4.69, 9.17) is 4.74 Å². The number of anilines is 2. The number of hydrogen-bond acceptors (Lipinski definition) is 4. The van der Waals surface area contributed by atoms with Crippen molar-refractivity contribution in [1.82, 2.24) is 4.90 Å². The minimum Gasteiger partial charge on any atom is -0.494 e. The molecule has 2 aromatic carbocycles. The van der Waals surface area contributed by atoms with Crippen molar-refractivity contribution in [2.45, 2.75) is 6.54 Å². The summed E-state index contributed by atoms with van der Waals surface area (Å²) in [6.07, 6.45) is 0. The van der Waals surface area contributed by atoms with Crippen molar-refractivity contribution in [1.29, 1.82) is 0 Å². The lowest BCUT2D eigenvalue weighted by atomic mass is 10.1. The summed E-state index contributed by atoms with van der Waals surface area (Å²) in [7, 11) is 3.19. The summed E-state index contributed by atoms with van der Waals surface area (Å²) < 4.78 is 18.7. The predicted octanol–water partition coefficient (Wildman–Crippen LogP) is 2.25. The van der Waals surface area contributed by atoms with E-state index in [0.717, 1.165) is 5.56 Å². The molecule has 2 aromatic rings. The molecule has 0 aliphatic carbocycles. The van der Waals surface area contributed by atoms with Crippen LogP contribution in [0.2, 0.25) is 0 Å². The number of nitrogens with one attached hydrogen (secondary N) is 1. The van der Waals surface area contributed by atoms with Gasteiger partial charge in [0.1, 0.15) is 6.54 Å². The minimum atomic E-state index is -0.439. The Morgan fingerprint density at radius 3 is 2.81 bits per heavy atom. The lowest BCUT2D eigenvalue weighted by Gasteiger charge is -2.30. The van der Waals surface area contributed by atoms with E-state index in [0.29, 0.717) is 17.9 Å². The van der Waals surface area contributed by atoms with Crippen LogP contribution in [0.25, 0.3) is 0 Å². The number of hydrogen-bond donors (Lipinski definition) is 1. The van der Waals surface area contributed by atoms with Crippen LogP contribution < -0.4 is 15.0 Å². The molecule has 7 heteroatoms.